The van der Waals surface area contributed by atoms with Crippen LogP contribution in [0.1, 0.15) is 27.6 Å². The molecule has 1 aliphatic heterocycles. The molecule has 6 nitrogen and oxygen atoms in total. The van der Waals surface area contributed by atoms with E-state index in [9.17, 15) is 9.59 Å². The van der Waals surface area contributed by atoms with Gasteiger partial charge in [-0.2, -0.15) is 0 Å². The number of benzene rings is 1. The SMILES string of the molecule is CCN1C=CN(C)C1.O=C(O)c1ccccc1C(=O)O. The van der Waals surface area contributed by atoms with E-state index in [-0.39, 0.29) is 11.1 Å². The van der Waals surface area contributed by atoms with E-state index >= 15 is 0 Å². The number of hydrogen-bond donors (Lipinski definition) is 2. The third kappa shape index (κ3) is 4.31. The second kappa shape index (κ2) is 7.18. The van der Waals surface area contributed by atoms with Gasteiger partial charge in [0.2, 0.25) is 0 Å². The maximum absolute atomic E-state index is 10.5. The third-order valence-corrected chi connectivity index (χ3v) is 2.73. The highest BCUT2D eigenvalue weighted by atomic mass is 16.4. The van der Waals surface area contributed by atoms with E-state index in [1.807, 2.05) is 0 Å². The summed E-state index contributed by atoms with van der Waals surface area (Å²) in [5.41, 5.74) is -0.380. The summed E-state index contributed by atoms with van der Waals surface area (Å²) in [7, 11) is 2.08. The summed E-state index contributed by atoms with van der Waals surface area (Å²) in [6.07, 6.45) is 4.20. The van der Waals surface area contributed by atoms with Crippen molar-refractivity contribution in [2.24, 2.45) is 0 Å². The van der Waals surface area contributed by atoms with Crippen LogP contribution in [0.5, 0.6) is 0 Å². The lowest BCUT2D eigenvalue weighted by Crippen LogP contribution is -2.21. The van der Waals surface area contributed by atoms with Crippen molar-refractivity contribution in [1.29, 1.82) is 0 Å². The first-order valence-corrected chi connectivity index (χ1v) is 6.14. The fraction of sp³-hybridized carbons (Fsp3) is 0.286. The second-order valence-corrected chi connectivity index (χ2v) is 4.26. The quantitative estimate of drug-likeness (QED) is 0.877. The first-order valence-electron chi connectivity index (χ1n) is 6.14. The van der Waals surface area contributed by atoms with Crippen molar-refractivity contribution in [1.82, 2.24) is 9.80 Å². The van der Waals surface area contributed by atoms with Gasteiger partial charge in [0, 0.05) is 26.0 Å². The summed E-state index contributed by atoms with van der Waals surface area (Å²) in [5.74, 6) is -2.46. The van der Waals surface area contributed by atoms with Crippen molar-refractivity contribution >= 4 is 11.9 Å². The van der Waals surface area contributed by atoms with Crippen LogP contribution in [0.25, 0.3) is 0 Å². The highest BCUT2D eigenvalue weighted by Crippen LogP contribution is 2.07. The molecule has 1 aromatic rings. The van der Waals surface area contributed by atoms with Crippen LogP contribution in [-0.4, -0.2) is 52.2 Å². The summed E-state index contributed by atoms with van der Waals surface area (Å²) in [6.45, 7) is 4.32. The molecule has 2 rings (SSSR count). The molecule has 0 radical (unpaired) electrons. The van der Waals surface area contributed by atoms with Crippen LogP contribution in [0, 0.1) is 0 Å². The van der Waals surface area contributed by atoms with Crippen LogP contribution in [0.4, 0.5) is 0 Å². The Morgan fingerprint density at radius 3 is 1.85 bits per heavy atom. The van der Waals surface area contributed by atoms with Crippen molar-refractivity contribution < 1.29 is 19.8 Å². The van der Waals surface area contributed by atoms with Crippen molar-refractivity contribution in [3.8, 4) is 0 Å². The normalized spacial score (nSPS) is 12.9. The van der Waals surface area contributed by atoms with E-state index in [0.29, 0.717) is 0 Å². The zero-order valence-corrected chi connectivity index (χ0v) is 11.5. The van der Waals surface area contributed by atoms with Crippen molar-refractivity contribution in [3.05, 3.63) is 47.8 Å². The Hall–Kier alpha value is -2.50. The molecule has 0 aliphatic carbocycles. The predicted octanol–water partition coefficient (Wildman–Crippen LogP) is 1.77. The fourth-order valence-electron chi connectivity index (χ4n) is 1.65. The molecule has 6 heteroatoms. The van der Waals surface area contributed by atoms with Crippen LogP contribution in [0.3, 0.4) is 0 Å². The van der Waals surface area contributed by atoms with Gasteiger partial charge in [-0.05, 0) is 19.1 Å². The maximum atomic E-state index is 10.5. The van der Waals surface area contributed by atoms with Crippen LogP contribution < -0.4 is 0 Å². The lowest BCUT2D eigenvalue weighted by atomic mass is 10.1. The van der Waals surface area contributed by atoms with E-state index < -0.39 is 11.9 Å². The number of aromatic carboxylic acids is 2. The molecular formula is C14H18N2O4. The molecule has 0 bridgehead atoms. The number of hydrogen-bond acceptors (Lipinski definition) is 4. The Morgan fingerprint density at radius 1 is 1.10 bits per heavy atom. The van der Waals surface area contributed by atoms with Gasteiger partial charge in [-0.3, -0.25) is 0 Å². The Kier molecular flexibility index (Phi) is 5.58. The monoisotopic (exact) mass is 278 g/mol. The molecule has 1 aliphatic rings. The highest BCUT2D eigenvalue weighted by Gasteiger charge is 2.13. The number of carboxylic acid groups (broad SMARTS) is 2. The van der Waals surface area contributed by atoms with Gasteiger partial charge in [0.25, 0.3) is 0 Å². The Balaban J connectivity index is 0.000000217. The summed E-state index contributed by atoms with van der Waals surface area (Å²) in [6, 6.07) is 5.48. The van der Waals surface area contributed by atoms with Crippen LogP contribution in [0.2, 0.25) is 0 Å². The van der Waals surface area contributed by atoms with Gasteiger partial charge < -0.3 is 20.0 Å². The standard InChI is InChI=1S/C8H6O4.C6H12N2/c9-7(10)5-3-1-2-4-6(5)8(11)12;1-3-8-5-4-7(2)6-8/h1-4H,(H,9,10)(H,11,12);4-5H,3,6H2,1-2H3. The minimum Gasteiger partial charge on any atom is -0.478 e. The third-order valence-electron chi connectivity index (χ3n) is 2.73. The topological polar surface area (TPSA) is 81.1 Å². The molecular weight excluding hydrogens is 260 g/mol. The zero-order chi connectivity index (χ0) is 15.1. The van der Waals surface area contributed by atoms with Crippen LogP contribution >= 0.6 is 0 Å². The number of rotatable bonds is 3. The molecule has 0 atom stereocenters. The minimum absolute atomic E-state index is 0.190. The summed E-state index contributed by atoms with van der Waals surface area (Å²) in [5, 5.41) is 17.1. The molecule has 0 saturated carbocycles. The molecule has 0 fully saturated rings. The van der Waals surface area contributed by atoms with E-state index in [1.165, 1.54) is 24.3 Å². The van der Waals surface area contributed by atoms with Gasteiger partial charge in [0.15, 0.2) is 0 Å². The number of carboxylic acids is 2. The van der Waals surface area contributed by atoms with Gasteiger partial charge in [-0.25, -0.2) is 9.59 Å². The maximum Gasteiger partial charge on any atom is 0.336 e. The Labute approximate surface area is 117 Å². The first kappa shape index (κ1) is 15.6. The molecule has 0 amide bonds. The lowest BCUT2D eigenvalue weighted by Gasteiger charge is -2.14. The van der Waals surface area contributed by atoms with E-state index in [2.05, 4.69) is 36.2 Å². The fourth-order valence-corrected chi connectivity index (χ4v) is 1.65. The molecule has 2 N–H and O–H groups in total. The van der Waals surface area contributed by atoms with Crippen molar-refractivity contribution in [2.45, 2.75) is 6.92 Å². The van der Waals surface area contributed by atoms with Gasteiger partial charge >= 0.3 is 11.9 Å². The van der Waals surface area contributed by atoms with Crippen LogP contribution in [-0.2, 0) is 0 Å². The average molecular weight is 278 g/mol. The lowest BCUT2D eigenvalue weighted by molar-refractivity contribution is 0.0651. The first-order chi connectivity index (χ1) is 9.45. The summed E-state index contributed by atoms with van der Waals surface area (Å²) in [4.78, 5) is 25.3. The van der Waals surface area contributed by atoms with Gasteiger partial charge in [0.1, 0.15) is 0 Å². The molecule has 1 aromatic carbocycles. The molecule has 0 unspecified atom stereocenters. The van der Waals surface area contributed by atoms with Crippen molar-refractivity contribution in [3.63, 3.8) is 0 Å². The molecule has 0 spiro atoms. The van der Waals surface area contributed by atoms with Crippen LogP contribution in [0.15, 0.2) is 36.7 Å². The van der Waals surface area contributed by atoms with Gasteiger partial charge in [-0.15, -0.1) is 0 Å². The average Bonchev–Trinajstić information content (AvgIpc) is 2.85. The second-order valence-electron chi connectivity index (χ2n) is 4.26. The minimum atomic E-state index is -1.23. The van der Waals surface area contributed by atoms with E-state index in [4.69, 9.17) is 10.2 Å². The van der Waals surface area contributed by atoms with E-state index in [0.717, 1.165) is 13.2 Å². The Bertz CT molecular complexity index is 481. The number of nitrogens with zero attached hydrogens (tertiary/aromatic N) is 2. The molecule has 0 aromatic heterocycles. The largest absolute Gasteiger partial charge is 0.478 e. The molecule has 20 heavy (non-hydrogen) atoms. The molecule has 1 heterocycles. The highest BCUT2D eigenvalue weighted by molar-refractivity contribution is 6.01. The Morgan fingerprint density at radius 2 is 1.60 bits per heavy atom. The number of carbonyl (C=O) groups is 2. The zero-order valence-electron chi connectivity index (χ0n) is 11.5. The van der Waals surface area contributed by atoms with Gasteiger partial charge in [0.05, 0.1) is 17.8 Å². The summed E-state index contributed by atoms with van der Waals surface area (Å²) >= 11 is 0. The predicted molar refractivity (Wildman–Crippen MR) is 74.5 cm³/mol. The van der Waals surface area contributed by atoms with Crippen molar-refractivity contribution in [2.75, 3.05) is 20.3 Å². The molecule has 108 valence electrons. The smallest absolute Gasteiger partial charge is 0.336 e. The summed E-state index contributed by atoms with van der Waals surface area (Å²) < 4.78 is 0. The molecule has 0 saturated heterocycles. The van der Waals surface area contributed by atoms with Gasteiger partial charge in [-0.1, -0.05) is 12.1 Å². The van der Waals surface area contributed by atoms with E-state index in [1.54, 1.807) is 0 Å².